The van der Waals surface area contributed by atoms with Crippen molar-refractivity contribution >= 4 is 11.7 Å². The van der Waals surface area contributed by atoms with E-state index in [4.69, 9.17) is 9.84 Å². The first-order valence-electron chi connectivity index (χ1n) is 5.45. The Morgan fingerprint density at radius 2 is 2.35 bits per heavy atom. The van der Waals surface area contributed by atoms with Crippen LogP contribution in [0, 0.1) is 0 Å². The lowest BCUT2D eigenvalue weighted by atomic mass is 10.0. The summed E-state index contributed by atoms with van der Waals surface area (Å²) in [6.45, 7) is 1.42. The van der Waals surface area contributed by atoms with Crippen molar-refractivity contribution < 1.29 is 19.7 Å². The number of carbonyl (C=O) groups is 1. The largest absolute Gasteiger partial charge is 0.490 e. The van der Waals surface area contributed by atoms with Crippen LogP contribution >= 0.6 is 0 Å². The normalized spacial score (nSPS) is 16.0. The minimum atomic E-state index is -1.01. The first-order chi connectivity index (χ1) is 8.08. The maximum atomic E-state index is 10.5. The third-order valence-corrected chi connectivity index (χ3v) is 2.83. The molecule has 1 atom stereocenters. The molecule has 1 aromatic carbocycles. The van der Waals surface area contributed by atoms with E-state index in [1.807, 2.05) is 11.9 Å². The Kier molecular flexibility index (Phi) is 3.19. The van der Waals surface area contributed by atoms with Crippen molar-refractivity contribution in [3.63, 3.8) is 0 Å². The van der Waals surface area contributed by atoms with Gasteiger partial charge in [0.2, 0.25) is 0 Å². The molecule has 0 spiro atoms. The number of ether oxygens (including phenoxy) is 1. The second-order valence-electron chi connectivity index (χ2n) is 4.11. The predicted molar refractivity (Wildman–Crippen MR) is 62.4 cm³/mol. The number of aliphatic hydroxyl groups excluding tert-OH is 1. The SMILES string of the molecule is CN1CCOc2ccc([C@@H](O)CC(=O)O)cc21. The maximum Gasteiger partial charge on any atom is 0.306 e. The second-order valence-corrected chi connectivity index (χ2v) is 4.11. The lowest BCUT2D eigenvalue weighted by Gasteiger charge is -2.28. The molecule has 0 aliphatic carbocycles. The molecule has 5 heteroatoms. The lowest BCUT2D eigenvalue weighted by Crippen LogP contribution is -2.28. The number of fused-ring (bicyclic) bond motifs is 1. The van der Waals surface area contributed by atoms with Crippen LogP contribution in [0.15, 0.2) is 18.2 Å². The van der Waals surface area contributed by atoms with E-state index < -0.39 is 12.1 Å². The summed E-state index contributed by atoms with van der Waals surface area (Å²) in [5.74, 6) is -0.246. The Balaban J connectivity index is 2.25. The number of aliphatic hydroxyl groups is 1. The van der Waals surface area contributed by atoms with Crippen LogP contribution in [0.2, 0.25) is 0 Å². The Bertz CT molecular complexity index is 433. The molecule has 0 saturated heterocycles. The molecule has 0 amide bonds. The standard InChI is InChI=1S/C12H15NO4/c1-13-4-5-17-11-3-2-8(6-9(11)13)10(14)7-12(15)16/h2-3,6,10,14H,4-5,7H2,1H3,(H,15,16)/t10-/m0/s1. The molecule has 1 aliphatic rings. The molecule has 2 N–H and O–H groups in total. The summed E-state index contributed by atoms with van der Waals surface area (Å²) >= 11 is 0. The number of carboxylic acid groups (broad SMARTS) is 1. The van der Waals surface area contributed by atoms with Crippen LogP contribution in [0.25, 0.3) is 0 Å². The zero-order valence-corrected chi connectivity index (χ0v) is 9.59. The number of aliphatic carboxylic acids is 1. The van der Waals surface area contributed by atoms with Crippen molar-refractivity contribution in [2.45, 2.75) is 12.5 Å². The van der Waals surface area contributed by atoms with E-state index in [1.54, 1.807) is 18.2 Å². The molecule has 1 aliphatic heterocycles. The average Bonchev–Trinajstić information content (AvgIpc) is 2.28. The molecule has 0 fully saturated rings. The van der Waals surface area contributed by atoms with Crippen molar-refractivity contribution in [3.05, 3.63) is 23.8 Å². The van der Waals surface area contributed by atoms with Crippen LogP contribution in [-0.4, -0.2) is 36.4 Å². The fourth-order valence-electron chi connectivity index (χ4n) is 1.86. The number of hydrogen-bond donors (Lipinski definition) is 2. The van der Waals surface area contributed by atoms with Gasteiger partial charge in [-0.15, -0.1) is 0 Å². The Morgan fingerprint density at radius 3 is 3.06 bits per heavy atom. The van der Waals surface area contributed by atoms with E-state index in [1.165, 1.54) is 0 Å². The van der Waals surface area contributed by atoms with E-state index in [-0.39, 0.29) is 6.42 Å². The van der Waals surface area contributed by atoms with E-state index in [0.29, 0.717) is 12.2 Å². The van der Waals surface area contributed by atoms with Gasteiger partial charge < -0.3 is 19.8 Å². The molecular weight excluding hydrogens is 222 g/mol. The molecule has 17 heavy (non-hydrogen) atoms. The van der Waals surface area contributed by atoms with Crippen molar-refractivity contribution in [2.75, 3.05) is 25.1 Å². The van der Waals surface area contributed by atoms with Crippen molar-refractivity contribution in [1.29, 1.82) is 0 Å². The van der Waals surface area contributed by atoms with E-state index in [9.17, 15) is 9.90 Å². The summed E-state index contributed by atoms with van der Waals surface area (Å²) in [4.78, 5) is 12.6. The van der Waals surface area contributed by atoms with Gasteiger partial charge in [0.05, 0.1) is 24.8 Å². The van der Waals surface area contributed by atoms with E-state index in [0.717, 1.165) is 18.0 Å². The molecule has 5 nitrogen and oxygen atoms in total. The summed E-state index contributed by atoms with van der Waals surface area (Å²) in [6, 6.07) is 5.25. The maximum absolute atomic E-state index is 10.5. The number of nitrogens with zero attached hydrogens (tertiary/aromatic N) is 1. The Morgan fingerprint density at radius 1 is 1.59 bits per heavy atom. The van der Waals surface area contributed by atoms with Gasteiger partial charge in [0, 0.05) is 7.05 Å². The smallest absolute Gasteiger partial charge is 0.306 e. The topological polar surface area (TPSA) is 70.0 Å². The predicted octanol–water partition coefficient (Wildman–Crippen LogP) is 1.02. The molecule has 0 aromatic heterocycles. The molecule has 1 heterocycles. The number of benzene rings is 1. The number of carboxylic acids is 1. The summed E-state index contributed by atoms with van der Waals surface area (Å²) < 4.78 is 5.47. The fourth-order valence-corrected chi connectivity index (χ4v) is 1.86. The van der Waals surface area contributed by atoms with Crippen LogP contribution in [0.3, 0.4) is 0 Å². The first-order valence-corrected chi connectivity index (χ1v) is 5.45. The van der Waals surface area contributed by atoms with E-state index >= 15 is 0 Å². The van der Waals surface area contributed by atoms with Gasteiger partial charge in [0.25, 0.3) is 0 Å². The van der Waals surface area contributed by atoms with Gasteiger partial charge in [0.1, 0.15) is 12.4 Å². The highest BCUT2D eigenvalue weighted by Gasteiger charge is 2.18. The number of hydrogen-bond acceptors (Lipinski definition) is 4. The Hall–Kier alpha value is -1.75. The fraction of sp³-hybridized carbons (Fsp3) is 0.417. The second kappa shape index (κ2) is 4.63. The summed E-state index contributed by atoms with van der Waals surface area (Å²) in [7, 11) is 1.94. The molecule has 1 aromatic rings. The number of anilines is 1. The van der Waals surface area contributed by atoms with Crippen LogP contribution in [0.5, 0.6) is 5.75 Å². The third kappa shape index (κ3) is 2.50. The number of rotatable bonds is 3. The molecule has 0 bridgehead atoms. The van der Waals surface area contributed by atoms with Crippen LogP contribution in [-0.2, 0) is 4.79 Å². The minimum Gasteiger partial charge on any atom is -0.490 e. The van der Waals surface area contributed by atoms with Crippen molar-refractivity contribution in [2.24, 2.45) is 0 Å². The van der Waals surface area contributed by atoms with Gasteiger partial charge in [0.15, 0.2) is 0 Å². The van der Waals surface area contributed by atoms with Gasteiger partial charge in [-0.1, -0.05) is 6.07 Å². The highest BCUT2D eigenvalue weighted by molar-refractivity contribution is 5.68. The van der Waals surface area contributed by atoms with Gasteiger partial charge in [-0.05, 0) is 17.7 Å². The average molecular weight is 237 g/mol. The molecule has 2 rings (SSSR count). The first kappa shape index (κ1) is 11.7. The summed E-state index contributed by atoms with van der Waals surface area (Å²) in [6.07, 6.45) is -1.27. The van der Waals surface area contributed by atoms with Crippen molar-refractivity contribution in [3.8, 4) is 5.75 Å². The lowest BCUT2D eigenvalue weighted by molar-refractivity contribution is -0.139. The number of likely N-dealkylation sites (N-methyl/N-ethyl adjacent to an activating group) is 1. The van der Waals surface area contributed by atoms with Gasteiger partial charge in [-0.25, -0.2) is 0 Å². The van der Waals surface area contributed by atoms with Gasteiger partial charge >= 0.3 is 5.97 Å². The van der Waals surface area contributed by atoms with Gasteiger partial charge in [-0.2, -0.15) is 0 Å². The Labute approximate surface area is 99.2 Å². The molecular formula is C12H15NO4. The molecule has 0 unspecified atom stereocenters. The molecule has 0 saturated carbocycles. The zero-order valence-electron chi connectivity index (χ0n) is 9.59. The van der Waals surface area contributed by atoms with Crippen LogP contribution in [0.1, 0.15) is 18.1 Å². The summed E-state index contributed by atoms with van der Waals surface area (Å²) in [5, 5.41) is 18.4. The monoisotopic (exact) mass is 237 g/mol. The highest BCUT2D eigenvalue weighted by atomic mass is 16.5. The zero-order chi connectivity index (χ0) is 12.4. The molecule has 92 valence electrons. The van der Waals surface area contributed by atoms with E-state index in [2.05, 4.69) is 0 Å². The van der Waals surface area contributed by atoms with Crippen LogP contribution in [0.4, 0.5) is 5.69 Å². The minimum absolute atomic E-state index is 0.288. The summed E-state index contributed by atoms with van der Waals surface area (Å²) in [5.41, 5.74) is 1.49. The van der Waals surface area contributed by atoms with Gasteiger partial charge in [-0.3, -0.25) is 4.79 Å². The third-order valence-electron chi connectivity index (χ3n) is 2.83. The molecule has 0 radical (unpaired) electrons. The quantitative estimate of drug-likeness (QED) is 0.821. The highest BCUT2D eigenvalue weighted by Crippen LogP contribution is 2.33. The van der Waals surface area contributed by atoms with Crippen LogP contribution < -0.4 is 9.64 Å². The van der Waals surface area contributed by atoms with Crippen molar-refractivity contribution in [1.82, 2.24) is 0 Å².